The van der Waals surface area contributed by atoms with Gasteiger partial charge in [-0.25, -0.2) is 0 Å². The molecule has 1 aromatic carbocycles. The summed E-state index contributed by atoms with van der Waals surface area (Å²) in [5, 5.41) is 12.5. The SMILES string of the molecule is CC(C)Cc1nnc(NC(=O)c2ccc(N)c(Cl)c2)s1. The van der Waals surface area contributed by atoms with E-state index in [1.165, 1.54) is 17.4 Å². The highest BCUT2D eigenvalue weighted by Crippen LogP contribution is 2.22. The summed E-state index contributed by atoms with van der Waals surface area (Å²) in [6, 6.07) is 4.75. The molecule has 7 heteroatoms. The zero-order valence-corrected chi connectivity index (χ0v) is 12.8. The fraction of sp³-hybridized carbons (Fsp3) is 0.308. The van der Waals surface area contributed by atoms with E-state index in [2.05, 4.69) is 29.4 Å². The molecule has 3 N–H and O–H groups in total. The van der Waals surface area contributed by atoms with Crippen molar-refractivity contribution >= 4 is 39.7 Å². The van der Waals surface area contributed by atoms with Crippen molar-refractivity contribution < 1.29 is 4.79 Å². The van der Waals surface area contributed by atoms with Crippen LogP contribution in [-0.4, -0.2) is 16.1 Å². The lowest BCUT2D eigenvalue weighted by Crippen LogP contribution is -2.11. The molecule has 0 aliphatic carbocycles. The number of benzene rings is 1. The molecule has 0 saturated carbocycles. The molecule has 0 saturated heterocycles. The number of amides is 1. The predicted molar refractivity (Wildman–Crippen MR) is 82.3 cm³/mol. The van der Waals surface area contributed by atoms with Crippen LogP contribution in [0.25, 0.3) is 0 Å². The minimum Gasteiger partial charge on any atom is -0.398 e. The molecule has 2 aromatic rings. The fourth-order valence-corrected chi connectivity index (χ4v) is 2.70. The second-order valence-electron chi connectivity index (χ2n) is 4.79. The first kappa shape index (κ1) is 14.7. The van der Waals surface area contributed by atoms with E-state index in [4.69, 9.17) is 17.3 Å². The van der Waals surface area contributed by atoms with Crippen molar-refractivity contribution in [3.63, 3.8) is 0 Å². The molecule has 0 atom stereocenters. The van der Waals surface area contributed by atoms with Crippen molar-refractivity contribution in [3.05, 3.63) is 33.8 Å². The fourth-order valence-electron chi connectivity index (χ4n) is 1.57. The topological polar surface area (TPSA) is 80.9 Å². The van der Waals surface area contributed by atoms with Crippen LogP contribution in [-0.2, 0) is 6.42 Å². The van der Waals surface area contributed by atoms with Gasteiger partial charge in [0.05, 0.1) is 10.7 Å². The average molecular weight is 311 g/mol. The third-order valence-corrected chi connectivity index (χ3v) is 3.72. The Kier molecular flexibility index (Phi) is 4.57. The van der Waals surface area contributed by atoms with Gasteiger partial charge in [0.1, 0.15) is 5.01 Å². The van der Waals surface area contributed by atoms with Gasteiger partial charge in [-0.05, 0) is 24.1 Å². The Morgan fingerprint density at radius 1 is 1.45 bits per heavy atom. The molecule has 5 nitrogen and oxygen atoms in total. The van der Waals surface area contributed by atoms with Gasteiger partial charge >= 0.3 is 0 Å². The maximum absolute atomic E-state index is 12.0. The first-order valence-electron chi connectivity index (χ1n) is 6.14. The molecule has 0 aliphatic rings. The van der Waals surface area contributed by atoms with Crippen molar-refractivity contribution in [3.8, 4) is 0 Å². The first-order valence-corrected chi connectivity index (χ1v) is 7.34. The van der Waals surface area contributed by atoms with Crippen LogP contribution in [0, 0.1) is 5.92 Å². The molecule has 0 fully saturated rings. The van der Waals surface area contributed by atoms with E-state index in [1.807, 2.05) is 0 Å². The molecule has 1 amide bonds. The van der Waals surface area contributed by atoms with Gasteiger partial charge < -0.3 is 5.73 Å². The highest BCUT2D eigenvalue weighted by atomic mass is 35.5. The zero-order valence-electron chi connectivity index (χ0n) is 11.2. The first-order chi connectivity index (χ1) is 9.45. The van der Waals surface area contributed by atoms with Crippen LogP contribution >= 0.6 is 22.9 Å². The number of carbonyl (C=O) groups excluding carboxylic acids is 1. The van der Waals surface area contributed by atoms with Gasteiger partial charge in [-0.3, -0.25) is 10.1 Å². The molecular formula is C13H15ClN4OS. The minimum absolute atomic E-state index is 0.279. The Labute approximate surface area is 126 Å². The monoisotopic (exact) mass is 310 g/mol. The Bertz CT molecular complexity index is 627. The third kappa shape index (κ3) is 3.68. The summed E-state index contributed by atoms with van der Waals surface area (Å²) in [5.41, 5.74) is 6.49. The van der Waals surface area contributed by atoms with Crippen LogP contribution in [0.1, 0.15) is 29.2 Å². The highest BCUT2D eigenvalue weighted by Gasteiger charge is 2.12. The summed E-state index contributed by atoms with van der Waals surface area (Å²) in [6.45, 7) is 4.21. The van der Waals surface area contributed by atoms with E-state index >= 15 is 0 Å². The summed E-state index contributed by atoms with van der Waals surface area (Å²) >= 11 is 7.27. The normalized spacial score (nSPS) is 10.8. The smallest absolute Gasteiger partial charge is 0.257 e. The number of hydrogen-bond acceptors (Lipinski definition) is 5. The summed E-state index contributed by atoms with van der Waals surface area (Å²) in [5.74, 6) is 0.224. The van der Waals surface area contributed by atoms with Gasteiger partial charge in [0.25, 0.3) is 5.91 Å². The summed E-state index contributed by atoms with van der Waals surface area (Å²) < 4.78 is 0. The summed E-state index contributed by atoms with van der Waals surface area (Å²) in [6.07, 6.45) is 0.848. The molecule has 20 heavy (non-hydrogen) atoms. The molecule has 1 heterocycles. The summed E-state index contributed by atoms with van der Waals surface area (Å²) in [7, 11) is 0. The number of nitrogens with zero attached hydrogens (tertiary/aromatic N) is 2. The molecule has 0 spiro atoms. The Balaban J connectivity index is 2.07. The van der Waals surface area contributed by atoms with E-state index in [9.17, 15) is 4.79 Å². The zero-order chi connectivity index (χ0) is 14.7. The van der Waals surface area contributed by atoms with Gasteiger partial charge in [-0.1, -0.05) is 36.8 Å². The second-order valence-corrected chi connectivity index (χ2v) is 6.26. The molecule has 1 aromatic heterocycles. The average Bonchev–Trinajstić information content (AvgIpc) is 2.79. The van der Waals surface area contributed by atoms with Crippen molar-refractivity contribution in [1.29, 1.82) is 0 Å². The number of nitrogen functional groups attached to an aromatic ring is 1. The van der Waals surface area contributed by atoms with Gasteiger partial charge in [0, 0.05) is 12.0 Å². The number of hydrogen-bond donors (Lipinski definition) is 2. The van der Waals surface area contributed by atoms with Crippen molar-refractivity contribution in [1.82, 2.24) is 10.2 Å². The standard InChI is InChI=1S/C13H15ClN4OS/c1-7(2)5-11-17-18-13(20-11)16-12(19)8-3-4-10(15)9(14)6-8/h3-4,6-7H,5,15H2,1-2H3,(H,16,18,19). The van der Waals surface area contributed by atoms with Crippen LogP contribution in [0.2, 0.25) is 5.02 Å². The second kappa shape index (κ2) is 6.19. The Hall–Kier alpha value is -1.66. The van der Waals surface area contributed by atoms with E-state index in [1.54, 1.807) is 12.1 Å². The Morgan fingerprint density at radius 2 is 2.20 bits per heavy atom. The quantitative estimate of drug-likeness (QED) is 0.850. The van der Waals surface area contributed by atoms with Crippen LogP contribution in [0.5, 0.6) is 0 Å². The number of anilines is 2. The molecule has 2 rings (SSSR count). The van der Waals surface area contributed by atoms with Crippen LogP contribution < -0.4 is 11.1 Å². The van der Waals surface area contributed by atoms with E-state index < -0.39 is 0 Å². The van der Waals surface area contributed by atoms with Crippen LogP contribution in [0.15, 0.2) is 18.2 Å². The lowest BCUT2D eigenvalue weighted by Gasteiger charge is -2.03. The van der Waals surface area contributed by atoms with Crippen molar-refractivity contribution in [2.45, 2.75) is 20.3 Å². The van der Waals surface area contributed by atoms with Gasteiger partial charge in [0.15, 0.2) is 0 Å². The molecular weight excluding hydrogens is 296 g/mol. The largest absolute Gasteiger partial charge is 0.398 e. The van der Waals surface area contributed by atoms with Crippen LogP contribution in [0.4, 0.5) is 10.8 Å². The van der Waals surface area contributed by atoms with Gasteiger partial charge in [-0.2, -0.15) is 0 Å². The number of rotatable bonds is 4. The van der Waals surface area contributed by atoms with Crippen LogP contribution in [0.3, 0.4) is 0 Å². The van der Waals surface area contributed by atoms with Gasteiger partial charge in [0.2, 0.25) is 5.13 Å². The maximum Gasteiger partial charge on any atom is 0.257 e. The highest BCUT2D eigenvalue weighted by molar-refractivity contribution is 7.15. The number of nitrogens with two attached hydrogens (primary N) is 1. The predicted octanol–water partition coefficient (Wildman–Crippen LogP) is 3.22. The number of halogens is 1. The lowest BCUT2D eigenvalue weighted by atomic mass is 10.1. The third-order valence-electron chi connectivity index (χ3n) is 2.53. The molecule has 0 unspecified atom stereocenters. The number of aromatic nitrogens is 2. The number of carbonyl (C=O) groups is 1. The maximum atomic E-state index is 12.0. The number of nitrogens with one attached hydrogen (secondary N) is 1. The van der Waals surface area contributed by atoms with E-state index in [0.29, 0.717) is 27.3 Å². The van der Waals surface area contributed by atoms with Crippen molar-refractivity contribution in [2.75, 3.05) is 11.1 Å². The van der Waals surface area contributed by atoms with Gasteiger partial charge in [-0.15, -0.1) is 10.2 Å². The molecule has 106 valence electrons. The minimum atomic E-state index is -0.279. The molecule has 0 radical (unpaired) electrons. The van der Waals surface area contributed by atoms with Crippen molar-refractivity contribution in [2.24, 2.45) is 5.92 Å². The van der Waals surface area contributed by atoms with E-state index in [-0.39, 0.29) is 5.91 Å². The Morgan fingerprint density at radius 3 is 2.85 bits per heavy atom. The molecule has 0 bridgehead atoms. The lowest BCUT2D eigenvalue weighted by molar-refractivity contribution is 0.102. The molecule has 0 aliphatic heterocycles. The summed E-state index contributed by atoms with van der Waals surface area (Å²) in [4.78, 5) is 12.0. The van der Waals surface area contributed by atoms with E-state index in [0.717, 1.165) is 11.4 Å².